The van der Waals surface area contributed by atoms with Crippen LogP contribution < -0.4 is 14.2 Å². The minimum Gasteiger partial charge on any atom is -0.493 e. The van der Waals surface area contributed by atoms with E-state index in [1.807, 2.05) is 0 Å². The lowest BCUT2D eigenvalue weighted by atomic mass is 10.2. The van der Waals surface area contributed by atoms with E-state index in [1.54, 1.807) is 38.1 Å². The molecular formula is C11H12BrN3O3. The molecule has 0 bridgehead atoms. The number of ether oxygens (including phenoxy) is 3. The first-order valence-electron chi connectivity index (χ1n) is 5.07. The third-order valence-electron chi connectivity index (χ3n) is 2.40. The molecule has 0 aliphatic rings. The molecule has 0 N–H and O–H groups in total. The Morgan fingerprint density at radius 1 is 1.06 bits per heavy atom. The number of aromatic nitrogens is 3. The normalized spacial score (nSPS) is 10.2. The van der Waals surface area contributed by atoms with Crippen LogP contribution in [-0.4, -0.2) is 36.1 Å². The molecule has 0 radical (unpaired) electrons. The molecule has 0 saturated heterocycles. The number of nitrogens with zero attached hydrogens (tertiary/aromatic N) is 3. The molecular weight excluding hydrogens is 302 g/mol. The Labute approximate surface area is 113 Å². The van der Waals surface area contributed by atoms with Crippen LogP contribution in [0.1, 0.15) is 0 Å². The SMILES string of the molecule is COc1cc(-n2ncnc2Br)cc(OC)c1OC. The summed E-state index contributed by atoms with van der Waals surface area (Å²) in [6.07, 6.45) is 1.45. The largest absolute Gasteiger partial charge is 0.493 e. The third kappa shape index (κ3) is 2.13. The summed E-state index contributed by atoms with van der Waals surface area (Å²) in [5, 5.41) is 4.10. The lowest BCUT2D eigenvalue weighted by Crippen LogP contribution is -2.01. The van der Waals surface area contributed by atoms with Crippen molar-refractivity contribution in [1.29, 1.82) is 0 Å². The fraction of sp³-hybridized carbons (Fsp3) is 0.273. The average molecular weight is 314 g/mol. The van der Waals surface area contributed by atoms with Crippen LogP contribution in [0.2, 0.25) is 0 Å². The molecule has 2 rings (SSSR count). The molecule has 0 aliphatic carbocycles. The maximum atomic E-state index is 5.28. The predicted octanol–water partition coefficient (Wildman–Crippen LogP) is 2.06. The van der Waals surface area contributed by atoms with Gasteiger partial charge in [0.05, 0.1) is 27.0 Å². The maximum Gasteiger partial charge on any atom is 0.203 e. The quantitative estimate of drug-likeness (QED) is 0.864. The number of hydrogen-bond acceptors (Lipinski definition) is 5. The summed E-state index contributed by atoms with van der Waals surface area (Å²) in [7, 11) is 4.69. The highest BCUT2D eigenvalue weighted by atomic mass is 79.9. The molecule has 0 aliphatic heterocycles. The van der Waals surface area contributed by atoms with Crippen molar-refractivity contribution in [2.75, 3.05) is 21.3 Å². The number of rotatable bonds is 4. The molecule has 0 unspecified atom stereocenters. The van der Waals surface area contributed by atoms with Gasteiger partial charge in [0.15, 0.2) is 16.2 Å². The second-order valence-corrected chi connectivity index (χ2v) is 4.03. The van der Waals surface area contributed by atoms with Gasteiger partial charge < -0.3 is 14.2 Å². The minimum atomic E-state index is 0.542. The Bertz CT molecular complexity index is 531. The Balaban J connectivity index is 2.60. The average Bonchev–Trinajstić information content (AvgIpc) is 2.83. The van der Waals surface area contributed by atoms with Crippen molar-refractivity contribution in [3.63, 3.8) is 0 Å². The smallest absolute Gasteiger partial charge is 0.203 e. The van der Waals surface area contributed by atoms with Crippen molar-refractivity contribution >= 4 is 15.9 Å². The molecule has 1 aromatic heterocycles. The lowest BCUT2D eigenvalue weighted by molar-refractivity contribution is 0.324. The summed E-state index contributed by atoms with van der Waals surface area (Å²) >= 11 is 3.31. The highest BCUT2D eigenvalue weighted by Gasteiger charge is 2.15. The van der Waals surface area contributed by atoms with E-state index >= 15 is 0 Å². The molecule has 1 aromatic carbocycles. The fourth-order valence-electron chi connectivity index (χ4n) is 1.59. The maximum absolute atomic E-state index is 5.28. The van der Waals surface area contributed by atoms with Crippen molar-refractivity contribution in [1.82, 2.24) is 14.8 Å². The van der Waals surface area contributed by atoms with Crippen LogP contribution in [0.4, 0.5) is 0 Å². The van der Waals surface area contributed by atoms with E-state index in [9.17, 15) is 0 Å². The molecule has 0 fully saturated rings. The summed E-state index contributed by atoms with van der Waals surface area (Å²) in [5.74, 6) is 1.67. The number of halogens is 1. The number of hydrogen-bond donors (Lipinski definition) is 0. The van der Waals surface area contributed by atoms with Crippen LogP contribution in [0.3, 0.4) is 0 Å². The van der Waals surface area contributed by atoms with Crippen LogP contribution in [0.15, 0.2) is 23.2 Å². The van der Waals surface area contributed by atoms with Crippen LogP contribution >= 0.6 is 15.9 Å². The topological polar surface area (TPSA) is 58.4 Å². The Hall–Kier alpha value is -1.76. The lowest BCUT2D eigenvalue weighted by Gasteiger charge is -2.14. The van der Waals surface area contributed by atoms with E-state index in [-0.39, 0.29) is 0 Å². The second-order valence-electron chi connectivity index (χ2n) is 3.32. The van der Waals surface area contributed by atoms with Gasteiger partial charge in [-0.05, 0) is 15.9 Å². The predicted molar refractivity (Wildman–Crippen MR) is 68.7 cm³/mol. The highest BCUT2D eigenvalue weighted by molar-refractivity contribution is 9.10. The van der Waals surface area contributed by atoms with E-state index in [0.29, 0.717) is 22.0 Å². The van der Waals surface area contributed by atoms with Gasteiger partial charge in [-0.2, -0.15) is 5.10 Å². The van der Waals surface area contributed by atoms with Crippen molar-refractivity contribution in [2.24, 2.45) is 0 Å². The van der Waals surface area contributed by atoms with Gasteiger partial charge in [-0.15, -0.1) is 0 Å². The van der Waals surface area contributed by atoms with Gasteiger partial charge >= 0.3 is 0 Å². The molecule has 2 aromatic rings. The zero-order valence-corrected chi connectivity index (χ0v) is 11.8. The summed E-state index contributed by atoms with van der Waals surface area (Å²) in [6, 6.07) is 3.58. The first kappa shape index (κ1) is 12.7. The molecule has 6 nitrogen and oxygen atoms in total. The molecule has 0 spiro atoms. The van der Waals surface area contributed by atoms with Crippen LogP contribution in [0.5, 0.6) is 17.2 Å². The van der Waals surface area contributed by atoms with E-state index < -0.39 is 0 Å². The fourth-order valence-corrected chi connectivity index (χ4v) is 1.98. The minimum absolute atomic E-state index is 0.542. The van der Waals surface area contributed by atoms with Crippen molar-refractivity contribution in [2.45, 2.75) is 0 Å². The first-order valence-corrected chi connectivity index (χ1v) is 5.86. The molecule has 18 heavy (non-hydrogen) atoms. The Morgan fingerprint density at radius 2 is 1.67 bits per heavy atom. The Morgan fingerprint density at radius 3 is 2.06 bits per heavy atom. The van der Waals surface area contributed by atoms with Gasteiger partial charge in [-0.3, -0.25) is 0 Å². The van der Waals surface area contributed by atoms with Gasteiger partial charge in [-0.25, -0.2) is 9.67 Å². The standard InChI is InChI=1S/C11H12BrN3O3/c1-16-8-4-7(15-11(12)13-6-14-15)5-9(17-2)10(8)18-3/h4-6H,1-3H3. The van der Waals surface area contributed by atoms with E-state index in [0.717, 1.165) is 5.69 Å². The monoisotopic (exact) mass is 313 g/mol. The van der Waals surface area contributed by atoms with Gasteiger partial charge in [0.25, 0.3) is 0 Å². The second kappa shape index (κ2) is 5.26. The molecule has 1 heterocycles. The van der Waals surface area contributed by atoms with Gasteiger partial charge in [0, 0.05) is 12.1 Å². The zero-order valence-electron chi connectivity index (χ0n) is 10.2. The van der Waals surface area contributed by atoms with Crippen molar-refractivity contribution < 1.29 is 14.2 Å². The number of benzene rings is 1. The molecule has 7 heteroatoms. The summed E-state index contributed by atoms with van der Waals surface area (Å²) in [4.78, 5) is 4.00. The summed E-state index contributed by atoms with van der Waals surface area (Å²) in [5.41, 5.74) is 0.758. The molecule has 0 amide bonds. The van der Waals surface area contributed by atoms with Crippen molar-refractivity contribution in [3.8, 4) is 22.9 Å². The van der Waals surface area contributed by atoms with Gasteiger partial charge in [0.1, 0.15) is 6.33 Å². The van der Waals surface area contributed by atoms with E-state index in [2.05, 4.69) is 26.0 Å². The number of methoxy groups -OCH3 is 3. The highest BCUT2D eigenvalue weighted by Crippen LogP contribution is 2.39. The Kier molecular flexibility index (Phi) is 3.71. The molecule has 96 valence electrons. The molecule has 0 atom stereocenters. The summed E-state index contributed by atoms with van der Waals surface area (Å²) < 4.78 is 18.0. The van der Waals surface area contributed by atoms with Crippen LogP contribution in [0, 0.1) is 0 Å². The van der Waals surface area contributed by atoms with E-state index in [4.69, 9.17) is 14.2 Å². The van der Waals surface area contributed by atoms with Crippen LogP contribution in [-0.2, 0) is 0 Å². The van der Waals surface area contributed by atoms with Crippen LogP contribution in [0.25, 0.3) is 5.69 Å². The summed E-state index contributed by atoms with van der Waals surface area (Å²) in [6.45, 7) is 0. The van der Waals surface area contributed by atoms with E-state index in [1.165, 1.54) is 6.33 Å². The third-order valence-corrected chi connectivity index (χ3v) is 2.94. The van der Waals surface area contributed by atoms with Gasteiger partial charge in [0.2, 0.25) is 5.75 Å². The zero-order chi connectivity index (χ0) is 13.1. The first-order chi connectivity index (χ1) is 8.71. The molecule has 0 saturated carbocycles. The van der Waals surface area contributed by atoms with Crippen molar-refractivity contribution in [3.05, 3.63) is 23.2 Å². The van der Waals surface area contributed by atoms with Gasteiger partial charge in [-0.1, -0.05) is 0 Å².